The van der Waals surface area contributed by atoms with Gasteiger partial charge in [0, 0.05) is 28.6 Å². The number of alkyl halides is 3. The number of amides is 1. The Kier molecular flexibility index (Phi) is 3.83. The molecule has 1 aliphatic carbocycles. The van der Waals surface area contributed by atoms with E-state index >= 15 is 0 Å². The van der Waals surface area contributed by atoms with E-state index in [0.717, 1.165) is 18.2 Å². The van der Waals surface area contributed by atoms with Gasteiger partial charge in [-0.3, -0.25) is 9.59 Å². The number of aromatic nitrogens is 1. The van der Waals surface area contributed by atoms with Crippen molar-refractivity contribution >= 4 is 22.6 Å². The zero-order chi connectivity index (χ0) is 19.3. The fourth-order valence-electron chi connectivity index (χ4n) is 3.77. The first-order valence-corrected chi connectivity index (χ1v) is 8.46. The largest absolute Gasteiger partial charge is 0.418 e. The maximum Gasteiger partial charge on any atom is 0.418 e. The van der Waals surface area contributed by atoms with Gasteiger partial charge in [0.1, 0.15) is 0 Å². The molecule has 1 aliphatic rings. The van der Waals surface area contributed by atoms with Gasteiger partial charge in [0.2, 0.25) is 5.91 Å². The number of fused-ring (bicyclic) bond motifs is 3. The second-order valence-electron chi connectivity index (χ2n) is 6.54. The molecule has 0 fully saturated rings. The summed E-state index contributed by atoms with van der Waals surface area (Å²) in [6.07, 6.45) is -3.20. The number of carbonyl (C=O) groups excluding carboxylic acids is 2. The third-order valence-electron chi connectivity index (χ3n) is 4.90. The van der Waals surface area contributed by atoms with Crippen LogP contribution in [0.5, 0.6) is 0 Å². The van der Waals surface area contributed by atoms with Crippen LogP contribution >= 0.6 is 0 Å². The molecule has 3 aromatic rings. The molecule has 7 heteroatoms. The molecule has 0 aliphatic heterocycles. The molecular weight excluding hydrogens is 357 g/mol. The average Bonchev–Trinajstić information content (AvgIpc) is 2.96. The highest BCUT2D eigenvalue weighted by Gasteiger charge is 2.36. The summed E-state index contributed by atoms with van der Waals surface area (Å²) in [6, 6.07) is 9.95. The fraction of sp³-hybridized carbons (Fsp3) is 0.200. The minimum atomic E-state index is -4.62. The molecule has 2 N–H and O–H groups in total. The van der Waals surface area contributed by atoms with Crippen LogP contribution in [-0.2, 0) is 12.6 Å². The van der Waals surface area contributed by atoms with Gasteiger partial charge in [-0.1, -0.05) is 18.2 Å². The number of hydrogen-bond acceptors (Lipinski definition) is 2. The lowest BCUT2D eigenvalue weighted by atomic mass is 9.94. The van der Waals surface area contributed by atoms with Crippen molar-refractivity contribution in [3.8, 4) is 5.69 Å². The summed E-state index contributed by atoms with van der Waals surface area (Å²) in [5, 5.41) is 0.620. The van der Waals surface area contributed by atoms with Crippen LogP contribution in [0.3, 0.4) is 0 Å². The number of benzene rings is 2. The normalized spacial score (nSPS) is 14.4. The minimum Gasteiger partial charge on any atom is -0.366 e. The Morgan fingerprint density at radius 1 is 1.07 bits per heavy atom. The van der Waals surface area contributed by atoms with Gasteiger partial charge in [-0.15, -0.1) is 0 Å². The van der Waals surface area contributed by atoms with Crippen molar-refractivity contribution in [2.45, 2.75) is 25.4 Å². The first-order valence-electron chi connectivity index (χ1n) is 8.46. The van der Waals surface area contributed by atoms with E-state index in [9.17, 15) is 22.8 Å². The van der Waals surface area contributed by atoms with Crippen molar-refractivity contribution in [3.63, 3.8) is 0 Å². The Morgan fingerprint density at radius 2 is 1.81 bits per heavy atom. The fourth-order valence-corrected chi connectivity index (χ4v) is 3.77. The summed E-state index contributed by atoms with van der Waals surface area (Å²) in [5.41, 5.74) is 5.71. The number of carbonyl (C=O) groups is 2. The average molecular weight is 372 g/mol. The molecule has 0 radical (unpaired) electrons. The Morgan fingerprint density at radius 3 is 2.52 bits per heavy atom. The number of hydrogen-bond donors (Lipinski definition) is 1. The van der Waals surface area contributed by atoms with E-state index in [-0.39, 0.29) is 17.0 Å². The molecule has 138 valence electrons. The Labute approximate surface area is 152 Å². The van der Waals surface area contributed by atoms with Crippen molar-refractivity contribution in [1.29, 1.82) is 0 Å². The number of primary amides is 1. The number of Topliss-reactive ketones (excluding diaryl/α,β-unsaturated/α-hetero) is 1. The molecule has 0 saturated heterocycles. The van der Waals surface area contributed by atoms with Crippen LogP contribution in [0, 0.1) is 0 Å². The smallest absolute Gasteiger partial charge is 0.366 e. The molecule has 2 aromatic carbocycles. The Bertz CT molecular complexity index is 1100. The number of halogens is 3. The van der Waals surface area contributed by atoms with Gasteiger partial charge in [-0.25, -0.2) is 0 Å². The number of ketones is 1. The van der Waals surface area contributed by atoms with E-state index in [1.165, 1.54) is 4.57 Å². The molecule has 27 heavy (non-hydrogen) atoms. The van der Waals surface area contributed by atoms with Gasteiger partial charge in [0.05, 0.1) is 16.8 Å². The van der Waals surface area contributed by atoms with E-state index in [1.54, 1.807) is 24.3 Å². The van der Waals surface area contributed by atoms with Crippen LogP contribution in [0.25, 0.3) is 16.6 Å². The minimum absolute atomic E-state index is 0.0216. The van der Waals surface area contributed by atoms with Crippen LogP contribution in [0.4, 0.5) is 13.2 Å². The molecule has 1 amide bonds. The molecule has 4 rings (SSSR count). The number of rotatable bonds is 2. The summed E-state index contributed by atoms with van der Waals surface area (Å²) in [7, 11) is 0. The molecule has 1 aromatic heterocycles. The van der Waals surface area contributed by atoms with Crippen molar-refractivity contribution in [2.75, 3.05) is 0 Å². The molecule has 0 bridgehead atoms. The quantitative estimate of drug-likeness (QED) is 0.730. The number of nitrogens with two attached hydrogens (primary N) is 1. The first kappa shape index (κ1) is 17.3. The van der Waals surface area contributed by atoms with E-state index in [4.69, 9.17) is 5.73 Å². The molecule has 0 spiro atoms. The van der Waals surface area contributed by atoms with Crippen molar-refractivity contribution in [1.82, 2.24) is 4.57 Å². The molecule has 0 atom stereocenters. The van der Waals surface area contributed by atoms with Crippen molar-refractivity contribution in [3.05, 3.63) is 64.8 Å². The zero-order valence-corrected chi connectivity index (χ0v) is 14.1. The number of para-hydroxylation sites is 1. The molecular formula is C20H15F3N2O2. The lowest BCUT2D eigenvalue weighted by molar-refractivity contribution is -0.137. The second-order valence-corrected chi connectivity index (χ2v) is 6.54. The van der Waals surface area contributed by atoms with E-state index in [0.29, 0.717) is 41.4 Å². The van der Waals surface area contributed by atoms with Gasteiger partial charge in [-0.05, 0) is 37.1 Å². The van der Waals surface area contributed by atoms with E-state index in [1.807, 2.05) is 0 Å². The summed E-state index contributed by atoms with van der Waals surface area (Å²) >= 11 is 0. The van der Waals surface area contributed by atoms with Crippen molar-refractivity contribution in [2.24, 2.45) is 5.73 Å². The van der Waals surface area contributed by atoms with Crippen LogP contribution in [0.1, 0.15) is 44.8 Å². The zero-order valence-electron chi connectivity index (χ0n) is 14.1. The standard InChI is InChI=1S/C20H15F3N2O2/c21-20(22,23)13-9-8-11(19(24)27)10-16(13)25-14-5-2-1-4-12(14)18-15(25)6-3-7-17(18)26/h1-2,4-5,8-10H,3,6-7H2,(H2,24,27). The monoisotopic (exact) mass is 372 g/mol. The highest BCUT2D eigenvalue weighted by Crippen LogP contribution is 2.40. The Hall–Kier alpha value is -3.09. The summed E-state index contributed by atoms with van der Waals surface area (Å²) in [4.78, 5) is 24.1. The summed E-state index contributed by atoms with van der Waals surface area (Å²) in [5.74, 6) is -0.891. The molecule has 0 unspecified atom stereocenters. The topological polar surface area (TPSA) is 65.1 Å². The van der Waals surface area contributed by atoms with Gasteiger partial charge >= 0.3 is 6.18 Å². The highest BCUT2D eigenvalue weighted by atomic mass is 19.4. The third-order valence-corrected chi connectivity index (χ3v) is 4.90. The predicted octanol–water partition coefficient (Wildman–Crippen LogP) is 4.27. The predicted molar refractivity (Wildman–Crippen MR) is 94.1 cm³/mol. The molecule has 1 heterocycles. The molecule has 0 saturated carbocycles. The SMILES string of the molecule is NC(=O)c1ccc(C(F)(F)F)c(-n2c3c(c4ccccc42)C(=O)CCC3)c1. The third kappa shape index (κ3) is 2.70. The lowest BCUT2D eigenvalue weighted by Crippen LogP contribution is -2.18. The highest BCUT2D eigenvalue weighted by molar-refractivity contribution is 6.10. The van der Waals surface area contributed by atoms with Crippen LogP contribution in [0.15, 0.2) is 42.5 Å². The van der Waals surface area contributed by atoms with Crippen LogP contribution in [-0.4, -0.2) is 16.3 Å². The molecule has 4 nitrogen and oxygen atoms in total. The summed E-state index contributed by atoms with van der Waals surface area (Å²) < 4.78 is 42.5. The maximum atomic E-state index is 13.7. The summed E-state index contributed by atoms with van der Waals surface area (Å²) in [6.45, 7) is 0. The van der Waals surface area contributed by atoms with Gasteiger partial charge in [0.15, 0.2) is 5.78 Å². The second kappa shape index (κ2) is 5.97. The van der Waals surface area contributed by atoms with Gasteiger partial charge in [0.25, 0.3) is 0 Å². The van der Waals surface area contributed by atoms with Crippen molar-refractivity contribution < 1.29 is 22.8 Å². The van der Waals surface area contributed by atoms with Gasteiger partial charge in [-0.2, -0.15) is 13.2 Å². The van der Waals surface area contributed by atoms with E-state index < -0.39 is 17.6 Å². The van der Waals surface area contributed by atoms with Gasteiger partial charge < -0.3 is 10.3 Å². The maximum absolute atomic E-state index is 13.7. The van der Waals surface area contributed by atoms with Crippen LogP contribution in [0.2, 0.25) is 0 Å². The Balaban J connectivity index is 2.13. The number of nitrogens with zero attached hydrogens (tertiary/aromatic N) is 1. The van der Waals surface area contributed by atoms with Crippen LogP contribution < -0.4 is 5.73 Å². The lowest BCUT2D eigenvalue weighted by Gasteiger charge is -2.20. The first-order chi connectivity index (χ1) is 12.8. The van der Waals surface area contributed by atoms with E-state index in [2.05, 4.69) is 0 Å².